The highest BCUT2D eigenvalue weighted by molar-refractivity contribution is 5.64. The summed E-state index contributed by atoms with van der Waals surface area (Å²) in [6.07, 6.45) is 0. The molecule has 1 heterocycles. The molecule has 2 aromatic carbocycles. The molecular weight excluding hydrogens is 322 g/mol. The van der Waals surface area contributed by atoms with Crippen LogP contribution in [0.4, 0.5) is 31.8 Å². The molecule has 0 atom stereocenters. The van der Waals surface area contributed by atoms with Gasteiger partial charge in [-0.25, -0.2) is 18.7 Å². The molecule has 0 fully saturated rings. The highest BCUT2D eigenvalue weighted by Gasteiger charge is 2.06. The number of halogens is 2. The Morgan fingerprint density at radius 1 is 0.680 bits per heavy atom. The van der Waals surface area contributed by atoms with Crippen LogP contribution in [0.3, 0.4) is 0 Å². The van der Waals surface area contributed by atoms with E-state index in [9.17, 15) is 8.78 Å². The van der Waals surface area contributed by atoms with Gasteiger partial charge in [0.05, 0.1) is 0 Å². The minimum atomic E-state index is -0.913. The zero-order chi connectivity index (χ0) is 18.0. The average molecular weight is 340 g/mol. The van der Waals surface area contributed by atoms with Crippen LogP contribution >= 0.6 is 0 Å². The fraction of sp³-hybridized carbons (Fsp3) is 0.158. The molecule has 0 radical (unpaired) electrons. The van der Waals surface area contributed by atoms with Crippen LogP contribution in [0.25, 0.3) is 0 Å². The minimum Gasteiger partial charge on any atom is -0.340 e. The molecule has 0 aliphatic rings. The van der Waals surface area contributed by atoms with Crippen molar-refractivity contribution in [1.29, 1.82) is 0 Å². The summed E-state index contributed by atoms with van der Waals surface area (Å²) in [4.78, 5) is 8.64. The van der Waals surface area contributed by atoms with Crippen LogP contribution in [-0.4, -0.2) is 9.97 Å². The third kappa shape index (κ3) is 4.29. The summed E-state index contributed by atoms with van der Waals surface area (Å²) < 4.78 is 26.4. The van der Waals surface area contributed by atoms with Gasteiger partial charge in [0.15, 0.2) is 11.6 Å². The number of anilines is 4. The van der Waals surface area contributed by atoms with Crippen molar-refractivity contribution < 1.29 is 8.78 Å². The summed E-state index contributed by atoms with van der Waals surface area (Å²) in [6, 6.07) is 11.5. The fourth-order valence-electron chi connectivity index (χ4n) is 2.61. The zero-order valence-electron chi connectivity index (χ0n) is 14.2. The lowest BCUT2D eigenvalue weighted by Crippen LogP contribution is -2.02. The molecule has 0 bridgehead atoms. The molecule has 4 nitrogen and oxygen atoms in total. The second-order valence-corrected chi connectivity index (χ2v) is 5.94. The number of aryl methyl sites for hydroxylation is 3. The predicted octanol–water partition coefficient (Wildman–Crippen LogP) is 5.17. The normalized spacial score (nSPS) is 10.6. The van der Waals surface area contributed by atoms with Crippen molar-refractivity contribution in [3.8, 4) is 0 Å². The maximum absolute atomic E-state index is 13.3. The Hall–Kier alpha value is -3.02. The molecule has 6 heteroatoms. The van der Waals surface area contributed by atoms with E-state index >= 15 is 0 Å². The van der Waals surface area contributed by atoms with Gasteiger partial charge in [0.2, 0.25) is 0 Å². The predicted molar refractivity (Wildman–Crippen MR) is 95.6 cm³/mol. The molecule has 0 amide bonds. The minimum absolute atomic E-state index is 0.411. The Balaban J connectivity index is 1.85. The van der Waals surface area contributed by atoms with Crippen LogP contribution in [-0.2, 0) is 0 Å². The highest BCUT2D eigenvalue weighted by Crippen LogP contribution is 2.22. The van der Waals surface area contributed by atoms with Crippen LogP contribution in [0.15, 0.2) is 42.5 Å². The maximum Gasteiger partial charge on any atom is 0.160 e. The van der Waals surface area contributed by atoms with E-state index in [2.05, 4.69) is 26.7 Å². The van der Waals surface area contributed by atoms with E-state index in [1.54, 1.807) is 13.0 Å². The Labute approximate surface area is 145 Å². The molecule has 3 aromatic rings. The average Bonchev–Trinajstić information content (AvgIpc) is 2.49. The molecule has 0 aliphatic carbocycles. The third-order valence-corrected chi connectivity index (χ3v) is 3.52. The Bertz CT molecular complexity index is 905. The van der Waals surface area contributed by atoms with E-state index in [0.29, 0.717) is 23.1 Å². The van der Waals surface area contributed by atoms with Crippen molar-refractivity contribution in [2.75, 3.05) is 10.6 Å². The molecule has 0 unspecified atom stereocenters. The summed E-state index contributed by atoms with van der Waals surface area (Å²) in [5.74, 6) is -0.140. The van der Waals surface area contributed by atoms with Crippen LogP contribution in [0.5, 0.6) is 0 Å². The van der Waals surface area contributed by atoms with Gasteiger partial charge in [-0.15, -0.1) is 0 Å². The van der Waals surface area contributed by atoms with Crippen molar-refractivity contribution in [2.24, 2.45) is 0 Å². The third-order valence-electron chi connectivity index (χ3n) is 3.52. The van der Waals surface area contributed by atoms with E-state index in [-0.39, 0.29) is 0 Å². The first-order valence-corrected chi connectivity index (χ1v) is 7.82. The number of nitrogens with one attached hydrogen (secondary N) is 2. The van der Waals surface area contributed by atoms with Crippen molar-refractivity contribution in [2.45, 2.75) is 20.8 Å². The molecule has 0 aliphatic heterocycles. The molecule has 0 saturated carbocycles. The smallest absolute Gasteiger partial charge is 0.160 e. The van der Waals surface area contributed by atoms with Gasteiger partial charge < -0.3 is 10.6 Å². The summed E-state index contributed by atoms with van der Waals surface area (Å²) in [6.45, 7) is 5.82. The molecule has 1 aromatic heterocycles. The van der Waals surface area contributed by atoms with E-state index in [0.717, 1.165) is 28.9 Å². The molecule has 25 heavy (non-hydrogen) atoms. The zero-order valence-corrected chi connectivity index (χ0v) is 14.2. The van der Waals surface area contributed by atoms with Gasteiger partial charge in [-0.2, -0.15) is 0 Å². The first kappa shape index (κ1) is 16.8. The van der Waals surface area contributed by atoms with E-state index in [4.69, 9.17) is 0 Å². The van der Waals surface area contributed by atoms with Crippen molar-refractivity contribution in [3.63, 3.8) is 0 Å². The van der Waals surface area contributed by atoms with Crippen LogP contribution in [0.2, 0.25) is 0 Å². The van der Waals surface area contributed by atoms with Gasteiger partial charge in [-0.1, -0.05) is 6.07 Å². The Morgan fingerprint density at radius 3 is 1.88 bits per heavy atom. The Kier molecular flexibility index (Phi) is 4.61. The van der Waals surface area contributed by atoms with Gasteiger partial charge in [-0.05, 0) is 56.2 Å². The van der Waals surface area contributed by atoms with Crippen molar-refractivity contribution in [1.82, 2.24) is 9.97 Å². The molecular formula is C19H18F2N4. The number of nitrogens with zero attached hydrogens (tertiary/aromatic N) is 2. The summed E-state index contributed by atoms with van der Waals surface area (Å²) in [7, 11) is 0. The largest absolute Gasteiger partial charge is 0.340 e. The summed E-state index contributed by atoms with van der Waals surface area (Å²) in [5, 5.41) is 6.21. The van der Waals surface area contributed by atoms with Gasteiger partial charge in [0.25, 0.3) is 0 Å². The second kappa shape index (κ2) is 6.84. The van der Waals surface area contributed by atoms with Gasteiger partial charge in [0, 0.05) is 23.5 Å². The first-order valence-electron chi connectivity index (χ1n) is 7.82. The van der Waals surface area contributed by atoms with Crippen molar-refractivity contribution in [3.05, 3.63) is 71.1 Å². The van der Waals surface area contributed by atoms with E-state index < -0.39 is 11.6 Å². The van der Waals surface area contributed by atoms with Crippen LogP contribution in [0.1, 0.15) is 17.0 Å². The number of benzene rings is 2. The van der Waals surface area contributed by atoms with E-state index in [1.165, 1.54) is 6.07 Å². The fourth-order valence-corrected chi connectivity index (χ4v) is 2.61. The lowest BCUT2D eigenvalue weighted by Gasteiger charge is -2.11. The standard InChI is InChI=1S/C19H18F2N4/c1-11-6-12(2)8-15(7-11)25-19-10-18(22-13(3)23-19)24-14-4-5-16(20)17(21)9-14/h4-10H,1-3H3,(H2,22,23,24,25). The Morgan fingerprint density at radius 2 is 1.28 bits per heavy atom. The van der Waals surface area contributed by atoms with Gasteiger partial charge in [0.1, 0.15) is 17.5 Å². The van der Waals surface area contributed by atoms with Gasteiger partial charge in [-0.3, -0.25) is 0 Å². The summed E-state index contributed by atoms with van der Waals surface area (Å²) in [5.41, 5.74) is 3.63. The lowest BCUT2D eigenvalue weighted by molar-refractivity contribution is 0.509. The molecule has 3 rings (SSSR count). The number of hydrogen-bond acceptors (Lipinski definition) is 4. The molecule has 128 valence electrons. The SMILES string of the molecule is Cc1cc(C)cc(Nc2cc(Nc3ccc(F)c(F)c3)nc(C)n2)c1. The molecule has 2 N–H and O–H groups in total. The highest BCUT2D eigenvalue weighted by atomic mass is 19.2. The molecule has 0 spiro atoms. The van der Waals surface area contributed by atoms with Crippen molar-refractivity contribution >= 4 is 23.0 Å². The van der Waals surface area contributed by atoms with E-state index in [1.807, 2.05) is 26.0 Å². The van der Waals surface area contributed by atoms with Crippen LogP contribution < -0.4 is 10.6 Å². The van der Waals surface area contributed by atoms with Crippen LogP contribution in [0, 0.1) is 32.4 Å². The monoisotopic (exact) mass is 340 g/mol. The van der Waals surface area contributed by atoms with Gasteiger partial charge >= 0.3 is 0 Å². The number of hydrogen-bond donors (Lipinski definition) is 2. The summed E-state index contributed by atoms with van der Waals surface area (Å²) >= 11 is 0. The number of aromatic nitrogens is 2. The second-order valence-electron chi connectivity index (χ2n) is 5.94. The topological polar surface area (TPSA) is 49.8 Å². The number of rotatable bonds is 4. The first-order chi connectivity index (χ1) is 11.9. The lowest BCUT2D eigenvalue weighted by atomic mass is 10.1. The quantitative estimate of drug-likeness (QED) is 0.688. The molecule has 0 saturated heterocycles. The maximum atomic E-state index is 13.3.